The molecule has 4 heteroatoms. The van der Waals surface area contributed by atoms with E-state index in [4.69, 9.17) is 16.3 Å². The van der Waals surface area contributed by atoms with Gasteiger partial charge in [0.05, 0.1) is 6.61 Å². The molecule has 0 bridgehead atoms. The summed E-state index contributed by atoms with van der Waals surface area (Å²) in [5.41, 5.74) is 3.47. The lowest BCUT2D eigenvalue weighted by Gasteiger charge is -2.12. The van der Waals surface area contributed by atoms with E-state index >= 15 is 0 Å². The molecule has 0 aliphatic rings. The Morgan fingerprint density at radius 1 is 1.16 bits per heavy atom. The Balaban J connectivity index is 2.39. The lowest BCUT2D eigenvalue weighted by atomic mass is 10.1. The zero-order valence-corrected chi connectivity index (χ0v) is 12.0. The molecule has 2 rings (SSSR count). The molecule has 1 aromatic heterocycles. The van der Waals surface area contributed by atoms with Gasteiger partial charge in [-0.2, -0.15) is 0 Å². The third-order valence-corrected chi connectivity index (χ3v) is 3.36. The fourth-order valence-electron chi connectivity index (χ4n) is 1.90. The summed E-state index contributed by atoms with van der Waals surface area (Å²) in [5, 5.41) is 10.1. The first-order chi connectivity index (χ1) is 9.01. The highest BCUT2D eigenvalue weighted by Gasteiger charge is 2.11. The van der Waals surface area contributed by atoms with Crippen LogP contribution in [0.25, 0.3) is 0 Å². The summed E-state index contributed by atoms with van der Waals surface area (Å²) < 4.78 is 5.77. The molecule has 19 heavy (non-hydrogen) atoms. The van der Waals surface area contributed by atoms with Gasteiger partial charge in [-0.15, -0.1) is 0 Å². The molecule has 0 aliphatic carbocycles. The minimum absolute atomic E-state index is 0.0962. The Labute approximate surface area is 117 Å². The van der Waals surface area contributed by atoms with Crippen molar-refractivity contribution in [2.45, 2.75) is 27.4 Å². The summed E-state index contributed by atoms with van der Waals surface area (Å²) >= 11 is 5.98. The first kappa shape index (κ1) is 13.8. The van der Waals surface area contributed by atoms with E-state index < -0.39 is 0 Å². The molecule has 1 N–H and O–H groups in total. The molecule has 0 fully saturated rings. The quantitative estimate of drug-likeness (QED) is 0.924. The predicted octanol–water partition coefficient (Wildman–Crippen LogP) is 3.94. The fourth-order valence-corrected chi connectivity index (χ4v) is 2.02. The number of benzene rings is 1. The van der Waals surface area contributed by atoms with Crippen LogP contribution in [0.1, 0.15) is 22.4 Å². The number of aromatic nitrogens is 1. The van der Waals surface area contributed by atoms with Gasteiger partial charge in [-0.3, -0.25) is 0 Å². The van der Waals surface area contributed by atoms with Crippen molar-refractivity contribution < 1.29 is 9.84 Å². The van der Waals surface area contributed by atoms with E-state index in [0.29, 0.717) is 22.2 Å². The van der Waals surface area contributed by atoms with Crippen LogP contribution in [-0.2, 0) is 6.61 Å². The number of hydrogen-bond acceptors (Lipinski definition) is 3. The summed E-state index contributed by atoms with van der Waals surface area (Å²) in [5.74, 6) is 1.11. The number of nitrogens with zero attached hydrogens (tertiary/aromatic N) is 1. The molecule has 2 aromatic rings. The zero-order valence-electron chi connectivity index (χ0n) is 11.2. The van der Waals surface area contributed by atoms with E-state index in [2.05, 4.69) is 4.98 Å². The number of aliphatic hydroxyl groups is 1. The first-order valence-electron chi connectivity index (χ1n) is 6.03. The minimum Gasteiger partial charge on any atom is -0.439 e. The van der Waals surface area contributed by atoms with Crippen molar-refractivity contribution in [1.29, 1.82) is 0 Å². The highest BCUT2D eigenvalue weighted by atomic mass is 35.5. The molecule has 0 radical (unpaired) electrons. The second kappa shape index (κ2) is 5.59. The number of aryl methyl sites for hydroxylation is 3. The van der Waals surface area contributed by atoms with Gasteiger partial charge >= 0.3 is 0 Å². The number of hydrogen-bond donors (Lipinski definition) is 1. The van der Waals surface area contributed by atoms with Crippen LogP contribution in [0, 0.1) is 20.8 Å². The van der Waals surface area contributed by atoms with Crippen LogP contribution in [0.2, 0.25) is 5.02 Å². The number of rotatable bonds is 3. The average molecular weight is 278 g/mol. The number of ether oxygens (including phenoxy) is 1. The Morgan fingerprint density at radius 3 is 2.53 bits per heavy atom. The van der Waals surface area contributed by atoms with Crippen molar-refractivity contribution in [3.63, 3.8) is 0 Å². The number of halogens is 1. The summed E-state index contributed by atoms with van der Waals surface area (Å²) in [6, 6.07) is 7.34. The molecule has 0 saturated carbocycles. The maximum absolute atomic E-state index is 9.43. The van der Waals surface area contributed by atoms with Crippen LogP contribution in [-0.4, -0.2) is 10.1 Å². The van der Waals surface area contributed by atoms with E-state index in [0.717, 1.165) is 16.8 Å². The van der Waals surface area contributed by atoms with Gasteiger partial charge in [-0.05, 0) is 56.2 Å². The molecule has 1 heterocycles. The van der Waals surface area contributed by atoms with Gasteiger partial charge in [0.2, 0.25) is 5.88 Å². The van der Waals surface area contributed by atoms with E-state index in [1.165, 1.54) is 0 Å². The van der Waals surface area contributed by atoms with Gasteiger partial charge in [0.25, 0.3) is 0 Å². The summed E-state index contributed by atoms with van der Waals surface area (Å²) in [6.07, 6.45) is 0. The molecule has 0 saturated heterocycles. The lowest BCUT2D eigenvalue weighted by Crippen LogP contribution is -2.00. The molecule has 1 aromatic carbocycles. The van der Waals surface area contributed by atoms with E-state index in [-0.39, 0.29) is 6.61 Å². The van der Waals surface area contributed by atoms with Crippen molar-refractivity contribution in [3.8, 4) is 11.6 Å². The van der Waals surface area contributed by atoms with Crippen molar-refractivity contribution in [2.75, 3.05) is 0 Å². The first-order valence-corrected chi connectivity index (χ1v) is 6.41. The van der Waals surface area contributed by atoms with Gasteiger partial charge < -0.3 is 9.84 Å². The maximum Gasteiger partial charge on any atom is 0.225 e. The minimum atomic E-state index is -0.0962. The number of pyridine rings is 1. The molecule has 100 valence electrons. The van der Waals surface area contributed by atoms with Gasteiger partial charge in [0.15, 0.2) is 0 Å². The monoisotopic (exact) mass is 277 g/mol. The molecule has 3 nitrogen and oxygen atoms in total. The van der Waals surface area contributed by atoms with Crippen molar-refractivity contribution in [1.82, 2.24) is 4.98 Å². The molecule has 0 unspecified atom stereocenters. The Kier molecular flexibility index (Phi) is 4.08. The predicted molar refractivity (Wildman–Crippen MR) is 75.9 cm³/mol. The van der Waals surface area contributed by atoms with Gasteiger partial charge in [0, 0.05) is 16.3 Å². The van der Waals surface area contributed by atoms with Crippen LogP contribution in [0.3, 0.4) is 0 Å². The van der Waals surface area contributed by atoms with Crippen LogP contribution < -0.4 is 4.74 Å². The van der Waals surface area contributed by atoms with Crippen molar-refractivity contribution >= 4 is 11.6 Å². The molecular formula is C15H16ClNO2. The molecule has 0 atom stereocenters. The summed E-state index contributed by atoms with van der Waals surface area (Å²) in [7, 11) is 0. The zero-order chi connectivity index (χ0) is 14.0. The summed E-state index contributed by atoms with van der Waals surface area (Å²) in [4.78, 5) is 4.34. The lowest BCUT2D eigenvalue weighted by molar-refractivity contribution is 0.274. The van der Waals surface area contributed by atoms with Gasteiger partial charge in [-0.1, -0.05) is 11.6 Å². The third kappa shape index (κ3) is 3.06. The largest absolute Gasteiger partial charge is 0.439 e. The Morgan fingerprint density at radius 2 is 1.89 bits per heavy atom. The molecule has 0 aliphatic heterocycles. The van der Waals surface area contributed by atoms with Crippen LogP contribution in [0.5, 0.6) is 11.6 Å². The second-order valence-corrected chi connectivity index (χ2v) is 4.94. The van der Waals surface area contributed by atoms with E-state index in [1.807, 2.05) is 32.9 Å². The van der Waals surface area contributed by atoms with Crippen LogP contribution >= 0.6 is 11.6 Å². The highest BCUT2D eigenvalue weighted by molar-refractivity contribution is 6.31. The van der Waals surface area contributed by atoms with Crippen molar-refractivity contribution in [3.05, 3.63) is 51.7 Å². The maximum atomic E-state index is 9.43. The van der Waals surface area contributed by atoms with E-state index in [1.54, 1.807) is 12.1 Å². The van der Waals surface area contributed by atoms with Gasteiger partial charge in [0.1, 0.15) is 5.75 Å². The molecule has 0 amide bonds. The third-order valence-electron chi connectivity index (χ3n) is 2.94. The Hall–Kier alpha value is -1.58. The Bertz CT molecular complexity index is 611. The second-order valence-electron chi connectivity index (χ2n) is 4.54. The highest BCUT2D eigenvalue weighted by Crippen LogP contribution is 2.28. The molecule has 0 spiro atoms. The smallest absolute Gasteiger partial charge is 0.225 e. The summed E-state index contributed by atoms with van der Waals surface area (Å²) in [6.45, 7) is 5.65. The standard InChI is InChI=1S/C15H16ClNO2/c1-9-6-11(3)17-15(13(9)8-18)19-12-4-5-14(16)10(2)7-12/h4-7,18H,8H2,1-3H3. The normalized spacial score (nSPS) is 10.6. The SMILES string of the molecule is Cc1cc(C)c(CO)c(Oc2ccc(Cl)c(C)c2)n1. The van der Waals surface area contributed by atoms with E-state index in [9.17, 15) is 5.11 Å². The fraction of sp³-hybridized carbons (Fsp3) is 0.267. The number of aliphatic hydroxyl groups excluding tert-OH is 1. The average Bonchev–Trinajstić information content (AvgIpc) is 2.33. The van der Waals surface area contributed by atoms with Gasteiger partial charge in [-0.25, -0.2) is 4.98 Å². The topological polar surface area (TPSA) is 42.4 Å². The molecular weight excluding hydrogens is 262 g/mol. The van der Waals surface area contributed by atoms with Crippen LogP contribution in [0.15, 0.2) is 24.3 Å². The van der Waals surface area contributed by atoms with Crippen molar-refractivity contribution in [2.24, 2.45) is 0 Å². The van der Waals surface area contributed by atoms with Crippen LogP contribution in [0.4, 0.5) is 0 Å².